The molecule has 32 heavy (non-hydrogen) atoms. The number of carbonyl (C=O) groups is 1. The van der Waals surface area contributed by atoms with E-state index in [1.807, 2.05) is 37.3 Å². The average molecular weight is 467 g/mol. The van der Waals surface area contributed by atoms with E-state index < -0.39 is 21.5 Å². The summed E-state index contributed by atoms with van der Waals surface area (Å²) in [5.41, 5.74) is -0.552. The van der Waals surface area contributed by atoms with Gasteiger partial charge in [0.2, 0.25) is 0 Å². The molecular formula is C20H30N6O5S. The van der Waals surface area contributed by atoms with Gasteiger partial charge < -0.3 is 19.7 Å². The van der Waals surface area contributed by atoms with Crippen molar-refractivity contribution >= 4 is 21.7 Å². The van der Waals surface area contributed by atoms with Crippen LogP contribution >= 0.6 is 0 Å². The standard InChI is InChI=1S/C20H30N6O5S/c1-14(22-19(27)31-20(2,3)4)12-30-13-16-23-18-11-25(8-9-26(18)24-16)17-7-6-15(10-21-17)32(5,28)29/h6-7,10,14H,8-9,11-13H2,1-5H3,(H,22,27)/t14-/m0/s1. The summed E-state index contributed by atoms with van der Waals surface area (Å²) in [5.74, 6) is 2.03. The lowest BCUT2D eigenvalue weighted by Crippen LogP contribution is -2.39. The van der Waals surface area contributed by atoms with Crippen LogP contribution in [0.4, 0.5) is 10.6 Å². The maximum absolute atomic E-state index is 11.8. The Morgan fingerprint density at radius 1 is 1.28 bits per heavy atom. The Hall–Kier alpha value is -2.73. The van der Waals surface area contributed by atoms with Crippen molar-refractivity contribution in [2.75, 3.05) is 24.3 Å². The van der Waals surface area contributed by atoms with E-state index in [1.165, 1.54) is 6.20 Å². The zero-order valence-corrected chi connectivity index (χ0v) is 19.8. The van der Waals surface area contributed by atoms with Crippen molar-refractivity contribution < 1.29 is 22.7 Å². The molecule has 1 amide bonds. The number of rotatable bonds is 7. The summed E-state index contributed by atoms with van der Waals surface area (Å²) in [6.07, 6.45) is 2.04. The maximum atomic E-state index is 11.8. The van der Waals surface area contributed by atoms with E-state index in [0.717, 1.165) is 12.1 Å². The summed E-state index contributed by atoms with van der Waals surface area (Å²) in [6.45, 7) is 9.59. The molecule has 1 N–H and O–H groups in total. The number of sulfone groups is 1. The Labute approximate surface area is 188 Å². The lowest BCUT2D eigenvalue weighted by Gasteiger charge is -2.27. The largest absolute Gasteiger partial charge is 0.444 e. The van der Waals surface area contributed by atoms with E-state index in [9.17, 15) is 13.2 Å². The van der Waals surface area contributed by atoms with Gasteiger partial charge in [0.15, 0.2) is 15.7 Å². The van der Waals surface area contributed by atoms with Gasteiger partial charge in [-0.25, -0.2) is 27.9 Å². The zero-order valence-electron chi connectivity index (χ0n) is 19.0. The number of aromatic nitrogens is 4. The second-order valence-electron chi connectivity index (χ2n) is 8.78. The smallest absolute Gasteiger partial charge is 0.407 e. The molecule has 0 fully saturated rings. The summed E-state index contributed by atoms with van der Waals surface area (Å²) in [5, 5.41) is 7.20. The number of fused-ring (bicyclic) bond motifs is 1. The number of nitrogens with one attached hydrogen (secondary N) is 1. The SMILES string of the molecule is C[C@@H](COCc1nc2n(n1)CCN(c1ccc(S(C)(=O)=O)cn1)C2)NC(=O)OC(C)(C)C. The van der Waals surface area contributed by atoms with Gasteiger partial charge in [-0.1, -0.05) is 0 Å². The number of nitrogens with zero attached hydrogens (tertiary/aromatic N) is 5. The van der Waals surface area contributed by atoms with E-state index in [2.05, 4.69) is 20.4 Å². The van der Waals surface area contributed by atoms with Crippen LogP contribution in [0.5, 0.6) is 0 Å². The molecule has 0 radical (unpaired) electrons. The Balaban J connectivity index is 1.50. The van der Waals surface area contributed by atoms with Gasteiger partial charge in [-0.3, -0.25) is 0 Å². The van der Waals surface area contributed by atoms with Crippen LogP contribution in [0.2, 0.25) is 0 Å². The molecule has 12 heteroatoms. The fourth-order valence-electron chi connectivity index (χ4n) is 3.10. The zero-order chi connectivity index (χ0) is 23.5. The van der Waals surface area contributed by atoms with Crippen LogP contribution in [0.3, 0.4) is 0 Å². The molecule has 0 spiro atoms. The molecule has 2 aromatic rings. The third kappa shape index (κ3) is 6.63. The van der Waals surface area contributed by atoms with Gasteiger partial charge in [0.05, 0.1) is 30.6 Å². The Kier molecular flexibility index (Phi) is 7.03. The number of alkyl carbamates (subject to hydrolysis) is 1. The summed E-state index contributed by atoms with van der Waals surface area (Å²) in [7, 11) is -3.28. The van der Waals surface area contributed by atoms with Crippen molar-refractivity contribution in [2.24, 2.45) is 0 Å². The van der Waals surface area contributed by atoms with Gasteiger partial charge in [0.1, 0.15) is 23.9 Å². The number of ether oxygens (including phenoxy) is 2. The highest BCUT2D eigenvalue weighted by Gasteiger charge is 2.22. The summed E-state index contributed by atoms with van der Waals surface area (Å²) in [4.78, 5) is 22.8. The second kappa shape index (κ2) is 9.41. The lowest BCUT2D eigenvalue weighted by atomic mass is 10.2. The van der Waals surface area contributed by atoms with Crippen molar-refractivity contribution in [3.05, 3.63) is 30.0 Å². The predicted molar refractivity (Wildman–Crippen MR) is 117 cm³/mol. The fraction of sp³-hybridized carbons (Fsp3) is 0.600. The summed E-state index contributed by atoms with van der Waals surface area (Å²) in [6, 6.07) is 3.03. The van der Waals surface area contributed by atoms with Crippen LogP contribution in [0, 0.1) is 0 Å². The maximum Gasteiger partial charge on any atom is 0.407 e. The minimum Gasteiger partial charge on any atom is -0.444 e. The number of amides is 1. The lowest BCUT2D eigenvalue weighted by molar-refractivity contribution is 0.0437. The summed E-state index contributed by atoms with van der Waals surface area (Å²) >= 11 is 0. The average Bonchev–Trinajstić information content (AvgIpc) is 3.07. The first-order chi connectivity index (χ1) is 14.9. The molecule has 0 aliphatic carbocycles. The van der Waals surface area contributed by atoms with Crippen LogP contribution in [-0.4, -0.2) is 65.3 Å². The highest BCUT2D eigenvalue weighted by atomic mass is 32.2. The topological polar surface area (TPSA) is 129 Å². The molecule has 0 unspecified atom stereocenters. The molecule has 1 aliphatic rings. The molecule has 0 saturated heterocycles. The third-order valence-electron chi connectivity index (χ3n) is 4.54. The van der Waals surface area contributed by atoms with E-state index in [4.69, 9.17) is 9.47 Å². The first kappa shape index (κ1) is 23.9. The van der Waals surface area contributed by atoms with Gasteiger partial charge in [0.25, 0.3) is 0 Å². The highest BCUT2D eigenvalue weighted by Crippen LogP contribution is 2.19. The van der Waals surface area contributed by atoms with Gasteiger partial charge in [-0.15, -0.1) is 0 Å². The van der Waals surface area contributed by atoms with Crippen LogP contribution in [0.15, 0.2) is 23.2 Å². The van der Waals surface area contributed by atoms with Crippen LogP contribution < -0.4 is 10.2 Å². The molecule has 11 nitrogen and oxygen atoms in total. The molecule has 176 valence electrons. The highest BCUT2D eigenvalue weighted by molar-refractivity contribution is 7.90. The monoisotopic (exact) mass is 466 g/mol. The predicted octanol–water partition coefficient (Wildman–Crippen LogP) is 1.53. The molecule has 3 rings (SSSR count). The molecule has 0 aromatic carbocycles. The van der Waals surface area contributed by atoms with Crippen molar-refractivity contribution in [1.29, 1.82) is 0 Å². The fourth-order valence-corrected chi connectivity index (χ4v) is 3.66. The van der Waals surface area contributed by atoms with Crippen LogP contribution in [0.25, 0.3) is 0 Å². The van der Waals surface area contributed by atoms with Gasteiger partial charge in [-0.05, 0) is 39.8 Å². The van der Waals surface area contributed by atoms with E-state index in [-0.39, 0.29) is 17.5 Å². The molecule has 3 heterocycles. The first-order valence-corrected chi connectivity index (χ1v) is 12.2. The number of pyridine rings is 1. The van der Waals surface area contributed by atoms with Crippen LogP contribution in [0.1, 0.15) is 39.3 Å². The third-order valence-corrected chi connectivity index (χ3v) is 5.64. The van der Waals surface area contributed by atoms with E-state index in [1.54, 1.807) is 12.1 Å². The summed E-state index contributed by atoms with van der Waals surface area (Å²) < 4.78 is 35.9. The second-order valence-corrected chi connectivity index (χ2v) is 10.8. The van der Waals surface area contributed by atoms with Gasteiger partial charge in [0, 0.05) is 19.0 Å². The molecule has 0 saturated carbocycles. The van der Waals surface area contributed by atoms with Crippen molar-refractivity contribution in [3.63, 3.8) is 0 Å². The van der Waals surface area contributed by atoms with Crippen LogP contribution in [-0.2, 0) is 39.0 Å². The molecule has 1 aliphatic heterocycles. The quantitative estimate of drug-likeness (QED) is 0.646. The Bertz CT molecular complexity index is 1050. The van der Waals surface area contributed by atoms with Crippen molar-refractivity contribution in [1.82, 2.24) is 25.1 Å². The molecule has 1 atom stereocenters. The minimum absolute atomic E-state index is 0.191. The molecule has 2 aromatic heterocycles. The van der Waals surface area contributed by atoms with Gasteiger partial charge >= 0.3 is 6.09 Å². The molecular weight excluding hydrogens is 436 g/mol. The normalized spacial score (nSPS) is 15.2. The first-order valence-electron chi connectivity index (χ1n) is 10.3. The number of hydrogen-bond acceptors (Lipinski definition) is 9. The number of hydrogen-bond donors (Lipinski definition) is 1. The number of carbonyl (C=O) groups excluding carboxylic acids is 1. The van der Waals surface area contributed by atoms with E-state index in [0.29, 0.717) is 37.9 Å². The van der Waals surface area contributed by atoms with Crippen molar-refractivity contribution in [2.45, 2.75) is 63.9 Å². The molecule has 0 bridgehead atoms. The van der Waals surface area contributed by atoms with E-state index >= 15 is 0 Å². The minimum atomic E-state index is -3.28. The van der Waals surface area contributed by atoms with Gasteiger partial charge in [-0.2, -0.15) is 5.10 Å². The number of anilines is 1. The Morgan fingerprint density at radius 3 is 2.66 bits per heavy atom. The van der Waals surface area contributed by atoms with Crippen molar-refractivity contribution in [3.8, 4) is 0 Å². The Morgan fingerprint density at radius 2 is 2.03 bits per heavy atom.